The van der Waals surface area contributed by atoms with Crippen LogP contribution in [-0.4, -0.2) is 17.7 Å². The first-order valence-corrected chi connectivity index (χ1v) is 5.52. The first-order valence-electron chi connectivity index (χ1n) is 4.44. The molecule has 0 saturated heterocycles. The fourth-order valence-corrected chi connectivity index (χ4v) is 1.85. The van der Waals surface area contributed by atoms with Gasteiger partial charge < -0.3 is 9.84 Å². The Balaban J connectivity index is 2.70. The van der Waals surface area contributed by atoms with Crippen LogP contribution < -0.4 is 4.74 Å². The SMILES string of the molecule is O=C(O)CCc1ccc(OC(F)F)c(I)c1. The summed E-state index contributed by atoms with van der Waals surface area (Å²) in [5, 5.41) is 8.49. The summed E-state index contributed by atoms with van der Waals surface area (Å²) in [5.74, 6) is -0.780. The van der Waals surface area contributed by atoms with Gasteiger partial charge in [-0.25, -0.2) is 0 Å². The predicted octanol–water partition coefficient (Wildman–Crippen LogP) is 2.91. The molecular weight excluding hydrogens is 333 g/mol. The predicted molar refractivity (Wildman–Crippen MR) is 61.7 cm³/mol. The van der Waals surface area contributed by atoms with Gasteiger partial charge >= 0.3 is 12.6 Å². The van der Waals surface area contributed by atoms with E-state index in [1.54, 1.807) is 12.1 Å². The quantitative estimate of drug-likeness (QED) is 0.837. The minimum absolute atomic E-state index is 0.0190. The van der Waals surface area contributed by atoms with Crippen LogP contribution in [0, 0.1) is 3.57 Å². The maximum atomic E-state index is 12.0. The van der Waals surface area contributed by atoms with Gasteiger partial charge in [0.25, 0.3) is 0 Å². The normalized spacial score (nSPS) is 10.5. The van der Waals surface area contributed by atoms with Gasteiger partial charge in [-0.3, -0.25) is 4.79 Å². The number of aryl methyl sites for hydroxylation is 1. The van der Waals surface area contributed by atoms with E-state index in [4.69, 9.17) is 5.11 Å². The van der Waals surface area contributed by atoms with E-state index in [1.807, 2.05) is 22.6 Å². The smallest absolute Gasteiger partial charge is 0.387 e. The van der Waals surface area contributed by atoms with Gasteiger partial charge in [0, 0.05) is 6.42 Å². The number of hydrogen-bond donors (Lipinski definition) is 1. The Morgan fingerprint density at radius 3 is 2.69 bits per heavy atom. The zero-order valence-electron chi connectivity index (χ0n) is 8.12. The molecule has 3 nitrogen and oxygen atoms in total. The molecule has 0 amide bonds. The van der Waals surface area contributed by atoms with Crippen LogP contribution in [0.2, 0.25) is 0 Å². The molecule has 1 aromatic carbocycles. The number of carboxylic acids is 1. The largest absolute Gasteiger partial charge is 0.481 e. The van der Waals surface area contributed by atoms with Crippen LogP contribution in [0.3, 0.4) is 0 Å². The van der Waals surface area contributed by atoms with E-state index in [9.17, 15) is 13.6 Å². The van der Waals surface area contributed by atoms with Gasteiger partial charge in [-0.1, -0.05) is 6.07 Å². The third kappa shape index (κ3) is 4.30. The van der Waals surface area contributed by atoms with Crippen LogP contribution in [0.4, 0.5) is 8.78 Å². The Bertz CT molecular complexity index is 382. The molecule has 0 aliphatic rings. The molecule has 0 bridgehead atoms. The van der Waals surface area contributed by atoms with Crippen molar-refractivity contribution in [2.75, 3.05) is 0 Å². The lowest BCUT2D eigenvalue weighted by molar-refractivity contribution is -0.136. The lowest BCUT2D eigenvalue weighted by atomic mass is 10.1. The second-order valence-corrected chi connectivity index (χ2v) is 4.20. The summed E-state index contributed by atoms with van der Waals surface area (Å²) in [6, 6.07) is 4.65. The summed E-state index contributed by atoms with van der Waals surface area (Å²) in [4.78, 5) is 10.3. The van der Waals surface area contributed by atoms with Crippen LogP contribution in [0.25, 0.3) is 0 Å². The second-order valence-electron chi connectivity index (χ2n) is 3.04. The Hall–Kier alpha value is -0.920. The molecule has 1 aromatic rings. The van der Waals surface area contributed by atoms with Crippen molar-refractivity contribution in [2.45, 2.75) is 19.5 Å². The minimum Gasteiger partial charge on any atom is -0.481 e. The molecule has 16 heavy (non-hydrogen) atoms. The van der Waals surface area contributed by atoms with Crippen LogP contribution >= 0.6 is 22.6 Å². The fraction of sp³-hybridized carbons (Fsp3) is 0.300. The van der Waals surface area contributed by atoms with Crippen LogP contribution in [0.15, 0.2) is 18.2 Å². The average molecular weight is 342 g/mol. The first-order chi connectivity index (χ1) is 7.49. The third-order valence-electron chi connectivity index (χ3n) is 1.84. The molecule has 88 valence electrons. The summed E-state index contributed by atoms with van der Waals surface area (Å²) >= 11 is 1.87. The van der Waals surface area contributed by atoms with Gasteiger partial charge in [0.2, 0.25) is 0 Å². The number of aliphatic carboxylic acids is 1. The molecule has 6 heteroatoms. The average Bonchev–Trinajstić information content (AvgIpc) is 2.18. The minimum atomic E-state index is -2.85. The van der Waals surface area contributed by atoms with Crippen molar-refractivity contribution in [3.63, 3.8) is 0 Å². The Morgan fingerprint density at radius 2 is 2.19 bits per heavy atom. The molecule has 0 aromatic heterocycles. The van der Waals surface area contributed by atoms with E-state index in [0.29, 0.717) is 9.99 Å². The Kier molecular flexibility index (Phi) is 4.91. The van der Waals surface area contributed by atoms with E-state index < -0.39 is 12.6 Å². The van der Waals surface area contributed by atoms with Gasteiger partial charge in [0.05, 0.1) is 3.57 Å². The number of carbonyl (C=O) groups is 1. The molecule has 0 aliphatic heterocycles. The van der Waals surface area contributed by atoms with Crippen molar-refractivity contribution in [1.29, 1.82) is 0 Å². The maximum absolute atomic E-state index is 12.0. The summed E-state index contributed by atoms with van der Waals surface area (Å²) in [7, 11) is 0. The number of ether oxygens (including phenoxy) is 1. The summed E-state index contributed by atoms with van der Waals surface area (Å²) in [6.45, 7) is -2.85. The summed E-state index contributed by atoms with van der Waals surface area (Å²) in [6.07, 6.45) is 0.394. The van der Waals surface area contributed by atoms with E-state index >= 15 is 0 Å². The third-order valence-corrected chi connectivity index (χ3v) is 2.68. The number of carboxylic acid groups (broad SMARTS) is 1. The molecule has 0 unspecified atom stereocenters. The molecule has 0 atom stereocenters. The van der Waals surface area contributed by atoms with E-state index in [0.717, 1.165) is 5.56 Å². The fourth-order valence-electron chi connectivity index (χ4n) is 1.14. The van der Waals surface area contributed by atoms with E-state index in [-0.39, 0.29) is 12.2 Å². The Morgan fingerprint density at radius 1 is 1.50 bits per heavy atom. The highest BCUT2D eigenvalue weighted by molar-refractivity contribution is 14.1. The Labute approximate surface area is 105 Å². The molecule has 0 spiro atoms. The molecule has 1 rings (SSSR count). The molecule has 0 fully saturated rings. The van der Waals surface area contributed by atoms with Gasteiger partial charge in [-0.05, 0) is 46.7 Å². The van der Waals surface area contributed by atoms with Crippen LogP contribution in [0.1, 0.15) is 12.0 Å². The lowest BCUT2D eigenvalue weighted by Crippen LogP contribution is -2.04. The number of rotatable bonds is 5. The van der Waals surface area contributed by atoms with Crippen molar-refractivity contribution < 1.29 is 23.4 Å². The molecule has 0 aliphatic carbocycles. The first kappa shape index (κ1) is 13.1. The van der Waals surface area contributed by atoms with E-state index in [2.05, 4.69) is 4.74 Å². The second kappa shape index (κ2) is 5.97. The molecular formula is C10H9F2IO3. The maximum Gasteiger partial charge on any atom is 0.387 e. The number of halogens is 3. The molecule has 0 heterocycles. The van der Waals surface area contributed by atoms with Crippen molar-refractivity contribution in [2.24, 2.45) is 0 Å². The number of hydrogen-bond acceptors (Lipinski definition) is 2. The lowest BCUT2D eigenvalue weighted by Gasteiger charge is -2.08. The van der Waals surface area contributed by atoms with E-state index in [1.165, 1.54) is 6.07 Å². The zero-order chi connectivity index (χ0) is 12.1. The van der Waals surface area contributed by atoms with Crippen molar-refractivity contribution >= 4 is 28.6 Å². The highest BCUT2D eigenvalue weighted by atomic mass is 127. The summed E-state index contributed by atoms with van der Waals surface area (Å²) in [5.41, 5.74) is 0.786. The van der Waals surface area contributed by atoms with Crippen LogP contribution in [-0.2, 0) is 11.2 Å². The van der Waals surface area contributed by atoms with Crippen molar-refractivity contribution in [1.82, 2.24) is 0 Å². The van der Waals surface area contributed by atoms with Gasteiger partial charge in [-0.15, -0.1) is 0 Å². The monoisotopic (exact) mass is 342 g/mol. The van der Waals surface area contributed by atoms with Crippen molar-refractivity contribution in [3.8, 4) is 5.75 Å². The highest BCUT2D eigenvalue weighted by Crippen LogP contribution is 2.24. The standard InChI is InChI=1S/C10H9F2IO3/c11-10(12)16-8-3-1-6(5-7(8)13)2-4-9(14)15/h1,3,5,10H,2,4H2,(H,14,15). The number of alkyl halides is 2. The van der Waals surface area contributed by atoms with Gasteiger partial charge in [0.1, 0.15) is 5.75 Å². The highest BCUT2D eigenvalue weighted by Gasteiger charge is 2.09. The van der Waals surface area contributed by atoms with Crippen molar-refractivity contribution in [3.05, 3.63) is 27.3 Å². The number of benzene rings is 1. The molecule has 0 saturated carbocycles. The summed E-state index contributed by atoms with van der Waals surface area (Å²) < 4.78 is 28.7. The zero-order valence-corrected chi connectivity index (χ0v) is 10.3. The van der Waals surface area contributed by atoms with Gasteiger partial charge in [-0.2, -0.15) is 8.78 Å². The topological polar surface area (TPSA) is 46.5 Å². The van der Waals surface area contributed by atoms with Crippen LogP contribution in [0.5, 0.6) is 5.75 Å². The van der Waals surface area contributed by atoms with Gasteiger partial charge in [0.15, 0.2) is 0 Å². The molecule has 0 radical (unpaired) electrons. The molecule has 1 N–H and O–H groups in total.